The molecule has 2 aromatic carbocycles. The van der Waals surface area contributed by atoms with Crippen LogP contribution in [-0.4, -0.2) is 25.2 Å². The first-order valence-electron chi connectivity index (χ1n) is 10.6. The van der Waals surface area contributed by atoms with E-state index in [1.165, 1.54) is 50.6 Å². The zero-order chi connectivity index (χ0) is 20.1. The number of hydrogen-bond donors (Lipinski definition) is 1. The first kappa shape index (κ1) is 20.0. The molecule has 0 radical (unpaired) electrons. The van der Waals surface area contributed by atoms with E-state index in [0.29, 0.717) is 16.0 Å². The van der Waals surface area contributed by atoms with Crippen LogP contribution in [0.15, 0.2) is 53.6 Å². The largest absolute Gasteiger partial charge is 0.371 e. The molecule has 1 amide bonds. The fraction of sp³-hybridized carbons (Fsp3) is 0.417. The summed E-state index contributed by atoms with van der Waals surface area (Å²) in [5.41, 5.74) is 5.95. The van der Waals surface area contributed by atoms with Gasteiger partial charge in [0.15, 0.2) is 0 Å². The van der Waals surface area contributed by atoms with Crippen LogP contribution in [0.3, 0.4) is 0 Å². The first-order chi connectivity index (χ1) is 14.1. The Morgan fingerprint density at radius 1 is 0.931 bits per heavy atom. The number of hydrogen-bond acceptors (Lipinski definition) is 3. The number of carbonyl (C=O) groups is 1. The van der Waals surface area contributed by atoms with Crippen LogP contribution in [0.5, 0.6) is 0 Å². The van der Waals surface area contributed by atoms with Crippen LogP contribution in [0.25, 0.3) is 0 Å². The molecule has 1 aliphatic carbocycles. The van der Waals surface area contributed by atoms with Crippen molar-refractivity contribution in [3.8, 4) is 0 Å². The van der Waals surface area contributed by atoms with E-state index in [2.05, 4.69) is 39.7 Å². The Morgan fingerprint density at radius 3 is 2.24 bits per heavy atom. The molecule has 0 bridgehead atoms. The van der Waals surface area contributed by atoms with Crippen molar-refractivity contribution in [3.05, 3.63) is 64.7 Å². The van der Waals surface area contributed by atoms with Crippen LogP contribution < -0.4 is 10.3 Å². The molecule has 0 unspecified atom stereocenters. The van der Waals surface area contributed by atoms with Crippen molar-refractivity contribution in [2.24, 2.45) is 10.5 Å². The molecule has 29 heavy (non-hydrogen) atoms. The first-order valence-corrected chi connectivity index (χ1v) is 11.0. The van der Waals surface area contributed by atoms with Gasteiger partial charge in [0, 0.05) is 29.4 Å². The number of piperidine rings is 1. The molecule has 152 valence electrons. The topological polar surface area (TPSA) is 44.7 Å². The van der Waals surface area contributed by atoms with Gasteiger partial charge in [-0.05, 0) is 73.1 Å². The highest BCUT2D eigenvalue weighted by Gasteiger charge is 2.35. The average Bonchev–Trinajstić information content (AvgIpc) is 2.76. The molecule has 4 nitrogen and oxygen atoms in total. The summed E-state index contributed by atoms with van der Waals surface area (Å²) >= 11 is 5.84. The van der Waals surface area contributed by atoms with E-state index < -0.39 is 0 Å². The normalized spacial score (nSPS) is 18.9. The number of rotatable bonds is 4. The molecule has 0 atom stereocenters. The number of benzene rings is 2. The van der Waals surface area contributed by atoms with E-state index in [4.69, 9.17) is 11.6 Å². The standard InChI is InChI=1S/C24H28ClN3O/c25-21-8-6-20(7-9-21)23(29)27-26-18-19-4-10-22(11-5-19)28-16-14-24(15-17-28)12-2-1-3-13-24/h4-11,18H,1-3,12-17H2,(H,27,29)/b26-18+. The van der Waals surface area contributed by atoms with E-state index in [1.54, 1.807) is 30.5 Å². The van der Waals surface area contributed by atoms with Crippen molar-refractivity contribution in [1.82, 2.24) is 5.43 Å². The fourth-order valence-electron chi connectivity index (χ4n) is 4.64. The number of hydrazone groups is 1. The van der Waals surface area contributed by atoms with Crippen LogP contribution in [0.1, 0.15) is 60.9 Å². The zero-order valence-corrected chi connectivity index (χ0v) is 17.5. The molecule has 2 aromatic rings. The maximum absolute atomic E-state index is 12.1. The van der Waals surface area contributed by atoms with Crippen molar-refractivity contribution < 1.29 is 4.79 Å². The van der Waals surface area contributed by atoms with E-state index in [-0.39, 0.29) is 5.91 Å². The van der Waals surface area contributed by atoms with E-state index >= 15 is 0 Å². The summed E-state index contributed by atoms with van der Waals surface area (Å²) in [4.78, 5) is 14.6. The summed E-state index contributed by atoms with van der Waals surface area (Å²) in [6.07, 6.45) is 11.4. The molecule has 1 spiro atoms. The van der Waals surface area contributed by atoms with Gasteiger partial charge in [0.1, 0.15) is 0 Å². The van der Waals surface area contributed by atoms with Crippen LogP contribution in [0.2, 0.25) is 5.02 Å². The summed E-state index contributed by atoms with van der Waals surface area (Å²) in [6.45, 7) is 2.31. The van der Waals surface area contributed by atoms with E-state index in [0.717, 1.165) is 18.7 Å². The molecule has 4 rings (SSSR count). The number of halogens is 1. The predicted octanol–water partition coefficient (Wildman–Crippen LogP) is 5.65. The Labute approximate surface area is 177 Å². The maximum Gasteiger partial charge on any atom is 0.271 e. The monoisotopic (exact) mass is 409 g/mol. The molecular formula is C24H28ClN3O. The van der Waals surface area contributed by atoms with Crippen molar-refractivity contribution in [2.45, 2.75) is 44.9 Å². The zero-order valence-electron chi connectivity index (χ0n) is 16.7. The second-order valence-electron chi connectivity index (χ2n) is 8.35. The summed E-state index contributed by atoms with van der Waals surface area (Å²) in [5, 5.41) is 4.67. The predicted molar refractivity (Wildman–Crippen MR) is 120 cm³/mol. The minimum absolute atomic E-state index is 0.250. The molecule has 2 fully saturated rings. The van der Waals surface area contributed by atoms with Gasteiger partial charge in [-0.1, -0.05) is 43.0 Å². The summed E-state index contributed by atoms with van der Waals surface area (Å²) in [7, 11) is 0. The number of anilines is 1. The van der Waals surface area contributed by atoms with Crippen molar-refractivity contribution in [1.29, 1.82) is 0 Å². The second kappa shape index (κ2) is 9.00. The van der Waals surface area contributed by atoms with Crippen molar-refractivity contribution in [3.63, 3.8) is 0 Å². The van der Waals surface area contributed by atoms with Crippen LogP contribution in [0, 0.1) is 5.41 Å². The molecule has 1 heterocycles. The van der Waals surface area contributed by atoms with Gasteiger partial charge >= 0.3 is 0 Å². The highest BCUT2D eigenvalue weighted by atomic mass is 35.5. The number of nitrogens with one attached hydrogen (secondary N) is 1. The van der Waals surface area contributed by atoms with Crippen molar-refractivity contribution in [2.75, 3.05) is 18.0 Å². The van der Waals surface area contributed by atoms with Gasteiger partial charge in [0.25, 0.3) is 5.91 Å². The summed E-state index contributed by atoms with van der Waals surface area (Å²) < 4.78 is 0. The Morgan fingerprint density at radius 2 is 1.59 bits per heavy atom. The lowest BCUT2D eigenvalue weighted by Crippen LogP contribution is -2.41. The third-order valence-corrected chi connectivity index (χ3v) is 6.73. The lowest BCUT2D eigenvalue weighted by molar-refractivity contribution is 0.0955. The maximum atomic E-state index is 12.1. The van der Waals surface area contributed by atoms with Crippen LogP contribution in [-0.2, 0) is 0 Å². The van der Waals surface area contributed by atoms with E-state index in [9.17, 15) is 4.79 Å². The summed E-state index contributed by atoms with van der Waals surface area (Å²) in [6, 6.07) is 15.2. The highest BCUT2D eigenvalue weighted by Crippen LogP contribution is 2.45. The van der Waals surface area contributed by atoms with Crippen LogP contribution in [0.4, 0.5) is 5.69 Å². The molecule has 1 saturated carbocycles. The van der Waals surface area contributed by atoms with Gasteiger partial charge in [0.2, 0.25) is 0 Å². The Bertz CT molecular complexity index is 845. The molecule has 1 aliphatic heterocycles. The Hall–Kier alpha value is -2.33. The number of nitrogens with zero attached hydrogens (tertiary/aromatic N) is 2. The Balaban J connectivity index is 1.29. The second-order valence-corrected chi connectivity index (χ2v) is 8.78. The minimum atomic E-state index is -0.250. The lowest BCUT2D eigenvalue weighted by Gasteiger charge is -2.45. The molecule has 1 N–H and O–H groups in total. The molecule has 1 saturated heterocycles. The minimum Gasteiger partial charge on any atom is -0.371 e. The number of carbonyl (C=O) groups excluding carboxylic acids is 1. The average molecular weight is 410 g/mol. The van der Waals surface area contributed by atoms with Gasteiger partial charge in [-0.25, -0.2) is 5.43 Å². The fourth-order valence-corrected chi connectivity index (χ4v) is 4.77. The Kier molecular flexibility index (Phi) is 6.19. The van der Waals surface area contributed by atoms with Gasteiger partial charge in [-0.2, -0.15) is 5.10 Å². The van der Waals surface area contributed by atoms with Gasteiger partial charge < -0.3 is 4.90 Å². The third kappa shape index (κ3) is 4.99. The van der Waals surface area contributed by atoms with Crippen molar-refractivity contribution >= 4 is 29.4 Å². The molecular weight excluding hydrogens is 382 g/mol. The van der Waals surface area contributed by atoms with Gasteiger partial charge in [-0.3, -0.25) is 4.79 Å². The third-order valence-electron chi connectivity index (χ3n) is 6.48. The van der Waals surface area contributed by atoms with Crippen LogP contribution >= 0.6 is 11.6 Å². The SMILES string of the molecule is O=C(N/N=C/c1ccc(N2CCC3(CCCCC3)CC2)cc1)c1ccc(Cl)cc1. The molecule has 5 heteroatoms. The van der Waals surface area contributed by atoms with E-state index in [1.807, 2.05) is 0 Å². The van der Waals surface area contributed by atoms with Gasteiger partial charge in [-0.15, -0.1) is 0 Å². The lowest BCUT2D eigenvalue weighted by atomic mass is 9.68. The summed E-state index contributed by atoms with van der Waals surface area (Å²) in [5.74, 6) is -0.250. The quantitative estimate of drug-likeness (QED) is 0.523. The smallest absolute Gasteiger partial charge is 0.271 e. The van der Waals surface area contributed by atoms with Gasteiger partial charge in [0.05, 0.1) is 6.21 Å². The highest BCUT2D eigenvalue weighted by molar-refractivity contribution is 6.30. The molecule has 2 aliphatic rings. The number of amides is 1. The molecule has 0 aromatic heterocycles.